The topological polar surface area (TPSA) is 87.7 Å². The third-order valence-electron chi connectivity index (χ3n) is 5.48. The number of esters is 1. The zero-order valence-corrected chi connectivity index (χ0v) is 19.0. The lowest BCUT2D eigenvalue weighted by atomic mass is 10.1. The maximum absolute atomic E-state index is 13.0. The number of ether oxygens (including phenoxy) is 1. The van der Waals surface area contributed by atoms with E-state index in [2.05, 4.69) is 15.5 Å². The summed E-state index contributed by atoms with van der Waals surface area (Å²) in [5.74, 6) is -1.08. The number of nitrogens with zero attached hydrogens (tertiary/aromatic N) is 1. The van der Waals surface area contributed by atoms with Crippen LogP contribution in [-0.2, 0) is 9.53 Å². The standard InChI is InChI=1S/C23H29N3O4S/c1-4-30-23(29)19-15(2)20(21(28)24-3)31-22(19)25-18(27)14-26(17-12-8-9-13-17)16-10-6-5-7-11-16/h5-7,10-11,17H,4,8-9,12-14H2,1-3H3,(H,24,28)(H,25,27). The Labute approximate surface area is 186 Å². The Morgan fingerprint density at radius 2 is 1.84 bits per heavy atom. The average molecular weight is 444 g/mol. The minimum absolute atomic E-state index is 0.170. The minimum atomic E-state index is -0.544. The van der Waals surface area contributed by atoms with Crippen molar-refractivity contribution in [3.05, 3.63) is 46.3 Å². The van der Waals surface area contributed by atoms with Crippen molar-refractivity contribution in [2.24, 2.45) is 0 Å². The summed E-state index contributed by atoms with van der Waals surface area (Å²) in [5.41, 5.74) is 1.75. The Morgan fingerprint density at radius 3 is 2.45 bits per heavy atom. The van der Waals surface area contributed by atoms with E-state index in [1.807, 2.05) is 30.3 Å². The average Bonchev–Trinajstić information content (AvgIpc) is 3.40. The van der Waals surface area contributed by atoms with Crippen molar-refractivity contribution >= 4 is 39.8 Å². The number of amides is 2. The Balaban J connectivity index is 1.85. The summed E-state index contributed by atoms with van der Waals surface area (Å²) in [7, 11) is 1.53. The summed E-state index contributed by atoms with van der Waals surface area (Å²) in [5, 5.41) is 5.79. The van der Waals surface area contributed by atoms with E-state index in [0.717, 1.165) is 42.7 Å². The number of hydrogen-bond acceptors (Lipinski definition) is 6. The van der Waals surface area contributed by atoms with E-state index in [0.29, 0.717) is 21.5 Å². The van der Waals surface area contributed by atoms with E-state index < -0.39 is 5.97 Å². The Morgan fingerprint density at radius 1 is 1.16 bits per heavy atom. The van der Waals surface area contributed by atoms with Crippen LogP contribution in [0.4, 0.5) is 10.7 Å². The summed E-state index contributed by atoms with van der Waals surface area (Å²) in [6, 6.07) is 10.2. The predicted molar refractivity (Wildman–Crippen MR) is 123 cm³/mol. The van der Waals surface area contributed by atoms with Crippen LogP contribution in [0.25, 0.3) is 0 Å². The second kappa shape index (κ2) is 10.4. The zero-order valence-electron chi connectivity index (χ0n) is 18.2. The number of carbonyl (C=O) groups excluding carboxylic acids is 3. The minimum Gasteiger partial charge on any atom is -0.462 e. The number of hydrogen-bond donors (Lipinski definition) is 2. The molecule has 1 aliphatic carbocycles. The summed E-state index contributed by atoms with van der Waals surface area (Å²) >= 11 is 1.09. The van der Waals surface area contributed by atoms with E-state index in [4.69, 9.17) is 4.74 Å². The first-order valence-electron chi connectivity index (χ1n) is 10.6. The summed E-state index contributed by atoms with van der Waals surface area (Å²) in [6.45, 7) is 3.79. The van der Waals surface area contributed by atoms with Crippen molar-refractivity contribution in [2.45, 2.75) is 45.6 Å². The number of rotatable bonds is 8. The highest BCUT2D eigenvalue weighted by Crippen LogP contribution is 2.34. The number of anilines is 2. The molecule has 0 saturated heterocycles. The fourth-order valence-electron chi connectivity index (χ4n) is 3.97. The fraction of sp³-hybridized carbons (Fsp3) is 0.435. The molecular weight excluding hydrogens is 414 g/mol. The van der Waals surface area contributed by atoms with Gasteiger partial charge in [0.25, 0.3) is 5.91 Å². The van der Waals surface area contributed by atoms with E-state index >= 15 is 0 Å². The summed E-state index contributed by atoms with van der Waals surface area (Å²) in [6.07, 6.45) is 4.41. The molecule has 1 aromatic heterocycles. The van der Waals surface area contributed by atoms with Crippen LogP contribution in [0, 0.1) is 6.92 Å². The van der Waals surface area contributed by atoms with Gasteiger partial charge in [-0.25, -0.2) is 4.79 Å². The molecule has 166 valence electrons. The fourth-order valence-corrected chi connectivity index (χ4v) is 5.13. The highest BCUT2D eigenvalue weighted by atomic mass is 32.1. The molecule has 2 amide bonds. The quantitative estimate of drug-likeness (QED) is 0.603. The molecule has 1 aliphatic rings. The molecule has 31 heavy (non-hydrogen) atoms. The maximum Gasteiger partial charge on any atom is 0.341 e. The lowest BCUT2D eigenvalue weighted by Gasteiger charge is -2.30. The van der Waals surface area contributed by atoms with Crippen LogP contribution in [0.2, 0.25) is 0 Å². The Bertz CT molecular complexity index is 936. The van der Waals surface area contributed by atoms with Crippen molar-refractivity contribution in [3.8, 4) is 0 Å². The number of benzene rings is 1. The SMILES string of the molecule is CCOC(=O)c1c(NC(=O)CN(c2ccccc2)C2CCCC2)sc(C(=O)NC)c1C. The molecule has 1 aromatic carbocycles. The summed E-state index contributed by atoms with van der Waals surface area (Å²) in [4.78, 5) is 40.3. The van der Waals surface area contributed by atoms with Crippen molar-refractivity contribution < 1.29 is 19.1 Å². The smallest absolute Gasteiger partial charge is 0.341 e. The van der Waals surface area contributed by atoms with Gasteiger partial charge in [-0.1, -0.05) is 31.0 Å². The number of carbonyl (C=O) groups is 3. The second-order valence-corrected chi connectivity index (χ2v) is 8.53. The van der Waals surface area contributed by atoms with Gasteiger partial charge in [-0.2, -0.15) is 0 Å². The van der Waals surface area contributed by atoms with Crippen LogP contribution < -0.4 is 15.5 Å². The lowest BCUT2D eigenvalue weighted by molar-refractivity contribution is -0.115. The molecule has 7 nitrogen and oxygen atoms in total. The predicted octanol–water partition coefficient (Wildman–Crippen LogP) is 3.98. The van der Waals surface area contributed by atoms with Gasteiger partial charge in [0.2, 0.25) is 5.91 Å². The molecule has 2 N–H and O–H groups in total. The molecule has 3 rings (SSSR count). The van der Waals surface area contributed by atoms with Crippen LogP contribution in [0.1, 0.15) is 58.2 Å². The van der Waals surface area contributed by atoms with Gasteiger partial charge in [-0.3, -0.25) is 9.59 Å². The third-order valence-corrected chi connectivity index (χ3v) is 6.69. The van der Waals surface area contributed by atoms with Gasteiger partial charge in [0.15, 0.2) is 0 Å². The van der Waals surface area contributed by atoms with Gasteiger partial charge in [0, 0.05) is 18.8 Å². The van der Waals surface area contributed by atoms with Gasteiger partial charge < -0.3 is 20.3 Å². The molecule has 0 bridgehead atoms. The third kappa shape index (κ3) is 5.25. The molecule has 1 fully saturated rings. The van der Waals surface area contributed by atoms with Crippen molar-refractivity contribution in [1.82, 2.24) is 5.32 Å². The second-order valence-electron chi connectivity index (χ2n) is 7.51. The molecule has 0 atom stereocenters. The normalized spacial score (nSPS) is 13.6. The molecule has 0 radical (unpaired) electrons. The van der Waals surface area contributed by atoms with Crippen LogP contribution in [-0.4, -0.2) is 44.0 Å². The van der Waals surface area contributed by atoms with Crippen LogP contribution in [0.3, 0.4) is 0 Å². The highest BCUT2D eigenvalue weighted by molar-refractivity contribution is 7.18. The van der Waals surface area contributed by atoms with E-state index in [1.54, 1.807) is 13.8 Å². The van der Waals surface area contributed by atoms with Crippen LogP contribution in [0.15, 0.2) is 30.3 Å². The van der Waals surface area contributed by atoms with Crippen LogP contribution in [0.5, 0.6) is 0 Å². The van der Waals surface area contributed by atoms with Crippen LogP contribution >= 0.6 is 11.3 Å². The van der Waals surface area contributed by atoms with E-state index in [1.165, 1.54) is 7.05 Å². The number of nitrogens with one attached hydrogen (secondary N) is 2. The largest absolute Gasteiger partial charge is 0.462 e. The molecule has 0 spiro atoms. The summed E-state index contributed by atoms with van der Waals surface area (Å²) < 4.78 is 5.16. The number of thiophene rings is 1. The zero-order chi connectivity index (χ0) is 22.4. The molecule has 1 saturated carbocycles. The first kappa shape index (κ1) is 22.8. The van der Waals surface area contributed by atoms with Crippen molar-refractivity contribution in [2.75, 3.05) is 30.4 Å². The van der Waals surface area contributed by atoms with Gasteiger partial charge in [-0.15, -0.1) is 11.3 Å². The van der Waals surface area contributed by atoms with Gasteiger partial charge in [0.1, 0.15) is 5.00 Å². The maximum atomic E-state index is 13.0. The van der Waals surface area contributed by atoms with Crippen molar-refractivity contribution in [1.29, 1.82) is 0 Å². The Hall–Kier alpha value is -2.87. The van der Waals surface area contributed by atoms with Gasteiger partial charge in [-0.05, 0) is 44.4 Å². The lowest BCUT2D eigenvalue weighted by Crippen LogP contribution is -2.39. The highest BCUT2D eigenvalue weighted by Gasteiger charge is 2.28. The van der Waals surface area contributed by atoms with Gasteiger partial charge in [0.05, 0.1) is 23.6 Å². The molecular formula is C23H29N3O4S. The molecule has 8 heteroatoms. The van der Waals surface area contributed by atoms with Crippen molar-refractivity contribution in [3.63, 3.8) is 0 Å². The molecule has 1 heterocycles. The molecule has 0 unspecified atom stereocenters. The van der Waals surface area contributed by atoms with E-state index in [9.17, 15) is 14.4 Å². The molecule has 0 aliphatic heterocycles. The van der Waals surface area contributed by atoms with Gasteiger partial charge >= 0.3 is 5.97 Å². The monoisotopic (exact) mass is 443 g/mol. The Kier molecular flexibility index (Phi) is 7.68. The van der Waals surface area contributed by atoms with E-state index in [-0.39, 0.29) is 30.5 Å². The first-order chi connectivity index (χ1) is 15.0. The molecule has 2 aromatic rings. The number of para-hydroxylation sites is 1. The first-order valence-corrected chi connectivity index (χ1v) is 11.4.